The molecule has 2 aromatic rings. The van der Waals surface area contributed by atoms with Gasteiger partial charge in [-0.1, -0.05) is 11.6 Å². The first-order valence-corrected chi connectivity index (χ1v) is 5.98. The van der Waals surface area contributed by atoms with Gasteiger partial charge in [-0.2, -0.15) is 5.10 Å². The topological polar surface area (TPSA) is 46.9 Å². The van der Waals surface area contributed by atoms with E-state index in [2.05, 4.69) is 10.4 Å². The molecule has 18 heavy (non-hydrogen) atoms. The minimum atomic E-state index is -0.143. The van der Waals surface area contributed by atoms with Crippen molar-refractivity contribution in [1.82, 2.24) is 15.1 Å². The first-order valence-electron chi connectivity index (χ1n) is 5.60. The molecule has 1 aromatic heterocycles. The predicted octanol–water partition coefficient (Wildman–Crippen LogP) is 2.25. The summed E-state index contributed by atoms with van der Waals surface area (Å²) >= 11 is 6.01. The molecule has 0 saturated heterocycles. The van der Waals surface area contributed by atoms with Gasteiger partial charge < -0.3 is 5.32 Å². The summed E-state index contributed by atoms with van der Waals surface area (Å²) in [5.74, 6) is -0.143. The summed E-state index contributed by atoms with van der Waals surface area (Å²) in [5, 5.41) is 7.44. The highest BCUT2D eigenvalue weighted by Gasteiger charge is 2.07. The van der Waals surface area contributed by atoms with Crippen molar-refractivity contribution in [3.63, 3.8) is 0 Å². The molecule has 94 valence electrons. The lowest BCUT2D eigenvalue weighted by Gasteiger charge is -2.06. The highest BCUT2D eigenvalue weighted by molar-refractivity contribution is 6.31. The molecule has 0 fully saturated rings. The van der Waals surface area contributed by atoms with Gasteiger partial charge in [0.15, 0.2) is 0 Å². The number of amides is 1. The van der Waals surface area contributed by atoms with Gasteiger partial charge in [0.2, 0.25) is 0 Å². The maximum Gasteiger partial charge on any atom is 0.251 e. The van der Waals surface area contributed by atoms with Gasteiger partial charge in [-0.05, 0) is 36.8 Å². The molecule has 0 bridgehead atoms. The van der Waals surface area contributed by atoms with Crippen LogP contribution in [0.4, 0.5) is 0 Å². The third-order valence-corrected chi connectivity index (χ3v) is 2.78. The third-order valence-electron chi connectivity index (χ3n) is 2.57. The molecule has 0 radical (unpaired) electrons. The van der Waals surface area contributed by atoms with Crippen molar-refractivity contribution in [3.05, 3.63) is 52.3 Å². The van der Waals surface area contributed by atoms with Gasteiger partial charge in [-0.15, -0.1) is 0 Å². The molecule has 4 nitrogen and oxygen atoms in total. The molecule has 0 aliphatic carbocycles. The van der Waals surface area contributed by atoms with Crippen LogP contribution in [0.2, 0.25) is 5.02 Å². The number of benzene rings is 1. The molecule has 0 unspecified atom stereocenters. The smallest absolute Gasteiger partial charge is 0.251 e. The molecule has 1 aromatic carbocycles. The van der Waals surface area contributed by atoms with E-state index >= 15 is 0 Å². The summed E-state index contributed by atoms with van der Waals surface area (Å²) in [4.78, 5) is 11.6. The van der Waals surface area contributed by atoms with Crippen molar-refractivity contribution < 1.29 is 4.79 Å². The number of halogens is 1. The van der Waals surface area contributed by atoms with E-state index in [9.17, 15) is 4.79 Å². The minimum absolute atomic E-state index is 0.143. The Hall–Kier alpha value is -1.81. The Kier molecular flexibility index (Phi) is 3.67. The van der Waals surface area contributed by atoms with E-state index in [1.54, 1.807) is 13.1 Å². The summed E-state index contributed by atoms with van der Waals surface area (Å²) in [6, 6.07) is 7.25. The zero-order valence-electron chi connectivity index (χ0n) is 10.3. The Morgan fingerprint density at radius 2 is 2.22 bits per heavy atom. The van der Waals surface area contributed by atoms with Crippen molar-refractivity contribution >= 4 is 17.5 Å². The van der Waals surface area contributed by atoms with Crippen LogP contribution in [0.25, 0.3) is 0 Å². The largest absolute Gasteiger partial charge is 0.355 e. The van der Waals surface area contributed by atoms with E-state index in [0.29, 0.717) is 17.1 Å². The minimum Gasteiger partial charge on any atom is -0.355 e. The van der Waals surface area contributed by atoms with Crippen molar-refractivity contribution in [2.75, 3.05) is 7.05 Å². The third kappa shape index (κ3) is 2.90. The van der Waals surface area contributed by atoms with Crippen LogP contribution in [-0.4, -0.2) is 22.7 Å². The molecule has 2 rings (SSSR count). The van der Waals surface area contributed by atoms with Crippen LogP contribution < -0.4 is 5.32 Å². The van der Waals surface area contributed by atoms with Gasteiger partial charge in [-0.25, -0.2) is 0 Å². The Labute approximate surface area is 111 Å². The van der Waals surface area contributed by atoms with Crippen LogP contribution in [0, 0.1) is 6.92 Å². The Morgan fingerprint density at radius 1 is 1.44 bits per heavy atom. The van der Waals surface area contributed by atoms with Crippen LogP contribution in [0.15, 0.2) is 30.5 Å². The fourth-order valence-electron chi connectivity index (χ4n) is 1.76. The van der Waals surface area contributed by atoms with Crippen molar-refractivity contribution in [2.24, 2.45) is 0 Å². The van der Waals surface area contributed by atoms with Crippen molar-refractivity contribution in [2.45, 2.75) is 13.5 Å². The molecular weight excluding hydrogens is 250 g/mol. The Bertz CT molecular complexity index is 577. The number of nitrogens with one attached hydrogen (secondary N) is 1. The highest BCUT2D eigenvalue weighted by Crippen LogP contribution is 2.16. The molecule has 0 aliphatic rings. The van der Waals surface area contributed by atoms with E-state index in [-0.39, 0.29) is 5.91 Å². The zero-order chi connectivity index (χ0) is 13.1. The quantitative estimate of drug-likeness (QED) is 0.923. The van der Waals surface area contributed by atoms with Crippen molar-refractivity contribution in [1.29, 1.82) is 0 Å². The van der Waals surface area contributed by atoms with Crippen LogP contribution in [0.3, 0.4) is 0 Å². The highest BCUT2D eigenvalue weighted by atomic mass is 35.5. The van der Waals surface area contributed by atoms with Gasteiger partial charge in [-0.3, -0.25) is 9.48 Å². The monoisotopic (exact) mass is 263 g/mol. The lowest BCUT2D eigenvalue weighted by atomic mass is 10.1. The molecule has 0 spiro atoms. The molecule has 0 saturated carbocycles. The Morgan fingerprint density at radius 3 is 2.83 bits per heavy atom. The number of rotatable bonds is 3. The molecular formula is C13H14ClN3O. The first kappa shape index (κ1) is 12.6. The second kappa shape index (κ2) is 5.23. The zero-order valence-corrected chi connectivity index (χ0v) is 11.0. The van der Waals surface area contributed by atoms with E-state index in [1.807, 2.05) is 36.0 Å². The van der Waals surface area contributed by atoms with Crippen molar-refractivity contribution in [3.8, 4) is 0 Å². The fraction of sp³-hybridized carbons (Fsp3) is 0.231. The second-order valence-electron chi connectivity index (χ2n) is 4.08. The van der Waals surface area contributed by atoms with E-state index in [1.165, 1.54) is 0 Å². The molecule has 1 N–H and O–H groups in total. The average molecular weight is 264 g/mol. The Balaban J connectivity index is 2.28. The van der Waals surface area contributed by atoms with E-state index in [0.717, 1.165) is 11.3 Å². The number of aromatic nitrogens is 2. The second-order valence-corrected chi connectivity index (χ2v) is 4.52. The van der Waals surface area contributed by atoms with Gasteiger partial charge >= 0.3 is 0 Å². The number of aryl methyl sites for hydroxylation is 1. The van der Waals surface area contributed by atoms with Gasteiger partial charge in [0.05, 0.1) is 12.2 Å². The SMILES string of the molecule is CNC(=O)c1cc(Cl)cc(Cn2ccc(C)n2)c1. The average Bonchev–Trinajstić information content (AvgIpc) is 2.73. The van der Waals surface area contributed by atoms with Gasteiger partial charge in [0, 0.05) is 23.8 Å². The molecule has 0 aliphatic heterocycles. The normalized spacial score (nSPS) is 10.4. The fourth-order valence-corrected chi connectivity index (χ4v) is 2.01. The van der Waals surface area contributed by atoms with E-state index in [4.69, 9.17) is 11.6 Å². The van der Waals surface area contributed by atoms with Crippen LogP contribution in [0.5, 0.6) is 0 Å². The molecule has 0 atom stereocenters. The number of nitrogens with zero attached hydrogens (tertiary/aromatic N) is 2. The number of hydrogen-bond acceptors (Lipinski definition) is 2. The van der Waals surface area contributed by atoms with Gasteiger partial charge in [0.1, 0.15) is 0 Å². The molecule has 1 heterocycles. The summed E-state index contributed by atoms with van der Waals surface area (Å²) in [6.45, 7) is 2.53. The predicted molar refractivity (Wildman–Crippen MR) is 70.9 cm³/mol. The lowest BCUT2D eigenvalue weighted by molar-refractivity contribution is 0.0963. The van der Waals surface area contributed by atoms with Crippen LogP contribution in [-0.2, 0) is 6.54 Å². The number of hydrogen-bond donors (Lipinski definition) is 1. The maximum absolute atomic E-state index is 11.6. The summed E-state index contributed by atoms with van der Waals surface area (Å²) in [6.07, 6.45) is 1.90. The van der Waals surface area contributed by atoms with E-state index < -0.39 is 0 Å². The number of carbonyl (C=O) groups is 1. The van der Waals surface area contributed by atoms with Gasteiger partial charge in [0.25, 0.3) is 5.91 Å². The summed E-state index contributed by atoms with van der Waals surface area (Å²) in [7, 11) is 1.60. The summed E-state index contributed by atoms with van der Waals surface area (Å²) < 4.78 is 1.81. The van der Waals surface area contributed by atoms with Crippen LogP contribution >= 0.6 is 11.6 Å². The molecule has 1 amide bonds. The lowest BCUT2D eigenvalue weighted by Crippen LogP contribution is -2.18. The standard InChI is InChI=1S/C13H14ClN3O/c1-9-3-4-17(16-9)8-10-5-11(13(18)15-2)7-12(14)6-10/h3-7H,8H2,1-2H3,(H,15,18). The first-order chi connectivity index (χ1) is 8.58. The summed E-state index contributed by atoms with van der Waals surface area (Å²) in [5.41, 5.74) is 2.47. The van der Waals surface area contributed by atoms with Crippen LogP contribution in [0.1, 0.15) is 21.6 Å². The maximum atomic E-state index is 11.6. The molecule has 5 heteroatoms. The number of carbonyl (C=O) groups excluding carboxylic acids is 1.